The molecule has 0 fully saturated rings. The summed E-state index contributed by atoms with van der Waals surface area (Å²) in [7, 11) is 0. The maximum atomic E-state index is 9.46. The summed E-state index contributed by atoms with van der Waals surface area (Å²) < 4.78 is 4.83. The van der Waals surface area contributed by atoms with E-state index in [-0.39, 0.29) is 11.7 Å². The lowest BCUT2D eigenvalue weighted by Gasteiger charge is -1.99. The molecule has 2 rings (SSSR count). The van der Waals surface area contributed by atoms with Crippen LogP contribution in [-0.4, -0.2) is 15.2 Å². The molecule has 0 bridgehead atoms. The average molecular weight is 191 g/mol. The van der Waals surface area contributed by atoms with Crippen molar-refractivity contribution in [2.24, 2.45) is 0 Å². The maximum Gasteiger partial charge on any atom is 0.260 e. The molecule has 0 aliphatic carbocycles. The predicted molar refractivity (Wildman–Crippen MR) is 49.6 cm³/mol. The molecule has 1 aromatic heterocycles. The second-order valence-corrected chi connectivity index (χ2v) is 2.85. The molecule has 5 nitrogen and oxygen atoms in total. The van der Waals surface area contributed by atoms with Crippen LogP contribution in [0.25, 0.3) is 0 Å². The Morgan fingerprint density at radius 1 is 1.36 bits per heavy atom. The molecule has 5 heteroatoms. The summed E-state index contributed by atoms with van der Waals surface area (Å²) in [5.74, 6) is 0.712. The summed E-state index contributed by atoms with van der Waals surface area (Å²) in [5, 5.41) is 12.9. The van der Waals surface area contributed by atoms with Crippen LogP contribution in [0.4, 0.5) is 5.95 Å². The quantitative estimate of drug-likeness (QED) is 0.738. The van der Waals surface area contributed by atoms with Crippen molar-refractivity contribution in [1.82, 2.24) is 10.1 Å². The van der Waals surface area contributed by atoms with Crippen LogP contribution in [0.15, 0.2) is 28.8 Å². The van der Waals surface area contributed by atoms with Crippen molar-refractivity contribution in [1.29, 1.82) is 0 Å². The van der Waals surface area contributed by atoms with Gasteiger partial charge in [0, 0.05) is 5.56 Å². The van der Waals surface area contributed by atoms with E-state index in [1.807, 2.05) is 6.07 Å². The Morgan fingerprint density at radius 2 is 2.14 bits per heavy atom. The van der Waals surface area contributed by atoms with Crippen molar-refractivity contribution in [3.05, 3.63) is 35.7 Å². The van der Waals surface area contributed by atoms with E-state index in [1.54, 1.807) is 18.2 Å². The number of nitrogen functional groups attached to an aromatic ring is 1. The zero-order valence-corrected chi connectivity index (χ0v) is 7.34. The molecule has 14 heavy (non-hydrogen) atoms. The third kappa shape index (κ3) is 1.66. The number of phenolic OH excluding ortho intramolecular Hbond substituents is 1. The van der Waals surface area contributed by atoms with Crippen molar-refractivity contribution in [3.63, 3.8) is 0 Å². The van der Waals surface area contributed by atoms with Crippen LogP contribution in [0.1, 0.15) is 11.5 Å². The number of benzene rings is 1. The van der Waals surface area contributed by atoms with Gasteiger partial charge in [-0.3, -0.25) is 0 Å². The van der Waals surface area contributed by atoms with Gasteiger partial charge in [-0.25, -0.2) is 0 Å². The van der Waals surface area contributed by atoms with Gasteiger partial charge in [-0.2, -0.15) is 4.98 Å². The summed E-state index contributed by atoms with van der Waals surface area (Å²) in [4.78, 5) is 3.84. The maximum absolute atomic E-state index is 9.46. The number of nitrogens with two attached hydrogens (primary N) is 1. The molecule has 0 radical (unpaired) electrons. The number of hydrogen-bond donors (Lipinski definition) is 2. The lowest BCUT2D eigenvalue weighted by molar-refractivity contribution is 0.383. The van der Waals surface area contributed by atoms with Crippen molar-refractivity contribution in [3.8, 4) is 5.75 Å². The minimum absolute atomic E-state index is 0.107. The summed E-state index contributed by atoms with van der Waals surface area (Å²) >= 11 is 0. The van der Waals surface area contributed by atoms with Crippen molar-refractivity contribution >= 4 is 5.95 Å². The number of nitrogens with zero attached hydrogens (tertiary/aromatic N) is 2. The predicted octanol–water partition coefficient (Wildman–Crippen LogP) is 0.948. The molecule has 0 atom stereocenters. The molecule has 0 spiro atoms. The molecule has 1 heterocycles. The Morgan fingerprint density at radius 3 is 2.79 bits per heavy atom. The van der Waals surface area contributed by atoms with Crippen LogP contribution in [0.5, 0.6) is 5.75 Å². The van der Waals surface area contributed by atoms with E-state index in [0.29, 0.717) is 12.3 Å². The lowest BCUT2D eigenvalue weighted by atomic mass is 10.1. The molecule has 3 N–H and O–H groups in total. The smallest absolute Gasteiger partial charge is 0.260 e. The highest BCUT2D eigenvalue weighted by atomic mass is 16.5. The third-order valence-electron chi connectivity index (χ3n) is 1.82. The van der Waals surface area contributed by atoms with Gasteiger partial charge in [0.25, 0.3) is 5.95 Å². The molecular weight excluding hydrogens is 182 g/mol. The second-order valence-electron chi connectivity index (χ2n) is 2.85. The molecule has 0 unspecified atom stereocenters. The minimum Gasteiger partial charge on any atom is -0.508 e. The van der Waals surface area contributed by atoms with Gasteiger partial charge < -0.3 is 15.4 Å². The first kappa shape index (κ1) is 8.55. The normalized spacial score (nSPS) is 10.3. The van der Waals surface area contributed by atoms with Gasteiger partial charge in [0.05, 0.1) is 6.42 Å². The van der Waals surface area contributed by atoms with Crippen LogP contribution < -0.4 is 5.73 Å². The Kier molecular flexibility index (Phi) is 2.06. The number of aromatic hydroxyl groups is 1. The monoisotopic (exact) mass is 191 g/mol. The van der Waals surface area contributed by atoms with Crippen LogP contribution in [0.3, 0.4) is 0 Å². The number of hydrogen-bond acceptors (Lipinski definition) is 5. The highest BCUT2D eigenvalue weighted by Gasteiger charge is 2.07. The van der Waals surface area contributed by atoms with Crippen LogP contribution >= 0.6 is 0 Å². The van der Waals surface area contributed by atoms with Gasteiger partial charge in [-0.15, -0.1) is 0 Å². The van der Waals surface area contributed by atoms with E-state index in [2.05, 4.69) is 10.1 Å². The Bertz CT molecular complexity index is 439. The highest BCUT2D eigenvalue weighted by molar-refractivity contribution is 5.33. The number of para-hydroxylation sites is 1. The third-order valence-corrected chi connectivity index (χ3v) is 1.82. The Hall–Kier alpha value is -2.04. The van der Waals surface area contributed by atoms with Gasteiger partial charge in [-0.05, 0) is 11.2 Å². The number of rotatable bonds is 2. The number of aromatic nitrogens is 2. The first-order valence-electron chi connectivity index (χ1n) is 4.10. The summed E-state index contributed by atoms with van der Waals surface area (Å²) in [6.45, 7) is 0. The van der Waals surface area contributed by atoms with Crippen molar-refractivity contribution in [2.45, 2.75) is 6.42 Å². The van der Waals surface area contributed by atoms with Gasteiger partial charge in [0.1, 0.15) is 5.75 Å². The SMILES string of the molecule is Nc1noc(Cc2ccccc2O)n1. The van der Waals surface area contributed by atoms with E-state index in [0.717, 1.165) is 5.56 Å². The molecule has 2 aromatic rings. The fourth-order valence-electron chi connectivity index (χ4n) is 1.16. The first-order chi connectivity index (χ1) is 6.75. The molecule has 0 aliphatic rings. The van der Waals surface area contributed by atoms with Crippen LogP contribution in [-0.2, 0) is 6.42 Å². The van der Waals surface area contributed by atoms with E-state index >= 15 is 0 Å². The van der Waals surface area contributed by atoms with Gasteiger partial charge in [0.15, 0.2) is 0 Å². The van der Waals surface area contributed by atoms with Gasteiger partial charge >= 0.3 is 0 Å². The van der Waals surface area contributed by atoms with E-state index in [9.17, 15) is 5.11 Å². The molecule has 72 valence electrons. The summed E-state index contributed by atoms with van der Waals surface area (Å²) in [6.07, 6.45) is 0.386. The van der Waals surface area contributed by atoms with Crippen molar-refractivity contribution < 1.29 is 9.63 Å². The average Bonchev–Trinajstić information content (AvgIpc) is 2.56. The fourth-order valence-corrected chi connectivity index (χ4v) is 1.16. The standard InChI is InChI=1S/C9H9N3O2/c10-9-11-8(14-12-9)5-6-3-1-2-4-7(6)13/h1-4,13H,5H2,(H2,10,12). The van der Waals surface area contributed by atoms with Gasteiger partial charge in [-0.1, -0.05) is 18.2 Å². The number of anilines is 1. The molecule has 0 saturated heterocycles. The Labute approximate surface area is 80.2 Å². The summed E-state index contributed by atoms with van der Waals surface area (Å²) in [6, 6.07) is 6.97. The Balaban J connectivity index is 2.23. The van der Waals surface area contributed by atoms with E-state index in [1.165, 1.54) is 0 Å². The zero-order valence-electron chi connectivity index (χ0n) is 7.34. The lowest BCUT2D eigenvalue weighted by Crippen LogP contribution is -1.90. The fraction of sp³-hybridized carbons (Fsp3) is 0.111. The molecule has 1 aromatic carbocycles. The summed E-state index contributed by atoms with van der Waals surface area (Å²) in [5.41, 5.74) is 6.02. The number of phenols is 1. The highest BCUT2D eigenvalue weighted by Crippen LogP contribution is 2.18. The topological polar surface area (TPSA) is 85.2 Å². The molecule has 0 aliphatic heterocycles. The van der Waals surface area contributed by atoms with Gasteiger partial charge in [0.2, 0.25) is 5.89 Å². The van der Waals surface area contributed by atoms with Crippen LogP contribution in [0.2, 0.25) is 0 Å². The van der Waals surface area contributed by atoms with E-state index < -0.39 is 0 Å². The first-order valence-corrected chi connectivity index (χ1v) is 4.10. The molecule has 0 saturated carbocycles. The minimum atomic E-state index is 0.107. The zero-order chi connectivity index (χ0) is 9.97. The van der Waals surface area contributed by atoms with Crippen molar-refractivity contribution in [2.75, 3.05) is 5.73 Å². The van der Waals surface area contributed by atoms with Crippen LogP contribution in [0, 0.1) is 0 Å². The van der Waals surface area contributed by atoms with E-state index in [4.69, 9.17) is 10.3 Å². The molecular formula is C9H9N3O2. The largest absolute Gasteiger partial charge is 0.508 e. The molecule has 0 amide bonds. The second kappa shape index (κ2) is 3.37.